The van der Waals surface area contributed by atoms with Crippen molar-refractivity contribution < 1.29 is 4.74 Å². The van der Waals surface area contributed by atoms with Crippen LogP contribution in [0.25, 0.3) is 0 Å². The van der Waals surface area contributed by atoms with Crippen molar-refractivity contribution in [1.29, 1.82) is 0 Å². The van der Waals surface area contributed by atoms with Gasteiger partial charge in [0.25, 0.3) is 0 Å². The molecule has 1 aromatic rings. The van der Waals surface area contributed by atoms with E-state index >= 15 is 0 Å². The van der Waals surface area contributed by atoms with Crippen molar-refractivity contribution in [3.05, 3.63) is 27.7 Å². The van der Waals surface area contributed by atoms with Crippen LogP contribution in [0.5, 0.6) is 5.75 Å². The molecule has 1 unspecified atom stereocenters. The van der Waals surface area contributed by atoms with Crippen molar-refractivity contribution >= 4 is 27.5 Å². The van der Waals surface area contributed by atoms with Crippen molar-refractivity contribution in [2.45, 2.75) is 31.1 Å². The molecular formula is C12H14BrClO. The molecule has 1 nitrogen and oxygen atoms in total. The molecule has 1 aromatic carbocycles. The molecule has 0 aromatic heterocycles. The van der Waals surface area contributed by atoms with Gasteiger partial charge < -0.3 is 4.74 Å². The molecule has 0 fully saturated rings. The van der Waals surface area contributed by atoms with Gasteiger partial charge in [-0.1, -0.05) is 29.8 Å². The van der Waals surface area contributed by atoms with E-state index in [-0.39, 0.29) is 10.8 Å². The van der Waals surface area contributed by atoms with E-state index in [0.29, 0.717) is 0 Å². The van der Waals surface area contributed by atoms with Crippen LogP contribution in [0.1, 0.15) is 36.8 Å². The highest BCUT2D eigenvalue weighted by Crippen LogP contribution is 2.53. The number of halogens is 2. The third-order valence-corrected chi connectivity index (χ3v) is 4.12. The van der Waals surface area contributed by atoms with Crippen LogP contribution >= 0.6 is 27.5 Å². The zero-order chi connectivity index (χ0) is 11.2. The largest absolute Gasteiger partial charge is 0.496 e. The van der Waals surface area contributed by atoms with Crippen molar-refractivity contribution in [3.63, 3.8) is 0 Å². The summed E-state index contributed by atoms with van der Waals surface area (Å²) in [4.78, 5) is 0. The smallest absolute Gasteiger partial charge is 0.123 e. The summed E-state index contributed by atoms with van der Waals surface area (Å²) in [6.07, 6.45) is 0.961. The average molecular weight is 290 g/mol. The van der Waals surface area contributed by atoms with E-state index in [2.05, 4.69) is 29.8 Å². The van der Waals surface area contributed by atoms with Crippen molar-refractivity contribution in [2.24, 2.45) is 0 Å². The quantitative estimate of drug-likeness (QED) is 0.696. The Hall–Kier alpha value is -0.210. The molecule has 0 bridgehead atoms. The third-order valence-electron chi connectivity index (χ3n) is 3.05. The molecule has 1 atom stereocenters. The predicted molar refractivity (Wildman–Crippen MR) is 66.9 cm³/mol. The SMILES string of the molecule is COc1ccc(Br)c2c1C(C)(C)CC2Cl. The Kier molecular flexibility index (Phi) is 2.76. The summed E-state index contributed by atoms with van der Waals surface area (Å²) in [6, 6.07) is 4.01. The molecule has 3 heteroatoms. The maximum Gasteiger partial charge on any atom is 0.123 e. The second kappa shape index (κ2) is 3.67. The monoisotopic (exact) mass is 288 g/mol. The number of alkyl halides is 1. The van der Waals surface area contributed by atoms with Gasteiger partial charge in [0.1, 0.15) is 5.75 Å². The van der Waals surface area contributed by atoms with E-state index < -0.39 is 0 Å². The van der Waals surface area contributed by atoms with E-state index in [1.54, 1.807) is 7.11 Å². The lowest BCUT2D eigenvalue weighted by atomic mass is 9.86. The topological polar surface area (TPSA) is 9.23 Å². The maximum atomic E-state index is 6.38. The van der Waals surface area contributed by atoms with Gasteiger partial charge in [0.2, 0.25) is 0 Å². The van der Waals surface area contributed by atoms with E-state index in [9.17, 15) is 0 Å². The first-order chi connectivity index (χ1) is 6.97. The van der Waals surface area contributed by atoms with Gasteiger partial charge in [-0.25, -0.2) is 0 Å². The maximum absolute atomic E-state index is 6.38. The molecular weight excluding hydrogens is 275 g/mol. The van der Waals surface area contributed by atoms with E-state index in [4.69, 9.17) is 16.3 Å². The molecule has 0 aliphatic heterocycles. The first-order valence-electron chi connectivity index (χ1n) is 4.98. The highest BCUT2D eigenvalue weighted by molar-refractivity contribution is 9.10. The van der Waals surface area contributed by atoms with Gasteiger partial charge in [-0.3, -0.25) is 0 Å². The number of hydrogen-bond acceptors (Lipinski definition) is 1. The van der Waals surface area contributed by atoms with Gasteiger partial charge in [-0.15, -0.1) is 11.6 Å². The zero-order valence-corrected chi connectivity index (χ0v) is 11.4. The number of ether oxygens (including phenoxy) is 1. The van der Waals surface area contributed by atoms with Gasteiger partial charge in [0, 0.05) is 10.0 Å². The molecule has 0 heterocycles. The summed E-state index contributed by atoms with van der Waals surface area (Å²) in [5.41, 5.74) is 2.54. The number of benzene rings is 1. The minimum atomic E-state index is 0.0828. The number of hydrogen-bond donors (Lipinski definition) is 0. The van der Waals surface area contributed by atoms with Crippen LogP contribution in [-0.2, 0) is 5.41 Å². The van der Waals surface area contributed by atoms with Crippen LogP contribution in [0.2, 0.25) is 0 Å². The normalized spacial score (nSPS) is 22.6. The summed E-state index contributed by atoms with van der Waals surface area (Å²) in [7, 11) is 1.71. The van der Waals surface area contributed by atoms with Crippen molar-refractivity contribution in [2.75, 3.05) is 7.11 Å². The molecule has 0 saturated carbocycles. The minimum absolute atomic E-state index is 0.0828. The fourth-order valence-electron chi connectivity index (χ4n) is 2.40. The second-order valence-corrected chi connectivity index (χ2v) is 5.98. The number of methoxy groups -OCH3 is 1. The van der Waals surface area contributed by atoms with Crippen molar-refractivity contribution in [1.82, 2.24) is 0 Å². The van der Waals surface area contributed by atoms with E-state index in [0.717, 1.165) is 16.6 Å². The van der Waals surface area contributed by atoms with Crippen LogP contribution < -0.4 is 4.74 Å². The summed E-state index contributed by atoms with van der Waals surface area (Å²) >= 11 is 9.94. The molecule has 15 heavy (non-hydrogen) atoms. The van der Waals surface area contributed by atoms with Gasteiger partial charge in [0.05, 0.1) is 12.5 Å². The Bertz CT molecular complexity index is 401. The highest BCUT2D eigenvalue weighted by Gasteiger charge is 2.39. The molecule has 0 N–H and O–H groups in total. The van der Waals surface area contributed by atoms with Gasteiger partial charge in [0.15, 0.2) is 0 Å². The van der Waals surface area contributed by atoms with Crippen molar-refractivity contribution in [3.8, 4) is 5.75 Å². The summed E-state index contributed by atoms with van der Waals surface area (Å²) in [5, 5.41) is 0.0828. The highest BCUT2D eigenvalue weighted by atomic mass is 79.9. The Balaban J connectivity index is 2.71. The molecule has 1 aliphatic rings. The Morgan fingerprint density at radius 1 is 1.47 bits per heavy atom. The minimum Gasteiger partial charge on any atom is -0.496 e. The first-order valence-corrected chi connectivity index (χ1v) is 6.21. The molecule has 0 radical (unpaired) electrons. The molecule has 2 rings (SSSR count). The zero-order valence-electron chi connectivity index (χ0n) is 9.10. The molecule has 82 valence electrons. The van der Waals surface area contributed by atoms with Crippen LogP contribution in [-0.4, -0.2) is 7.11 Å². The van der Waals surface area contributed by atoms with Gasteiger partial charge >= 0.3 is 0 Å². The van der Waals surface area contributed by atoms with Crippen LogP contribution in [0.3, 0.4) is 0 Å². The first kappa shape index (κ1) is 11.3. The number of rotatable bonds is 1. The molecule has 0 spiro atoms. The Labute approximate surface area is 104 Å². The van der Waals surface area contributed by atoms with Crippen LogP contribution in [0.4, 0.5) is 0 Å². The number of fused-ring (bicyclic) bond motifs is 1. The van der Waals surface area contributed by atoms with Gasteiger partial charge in [-0.2, -0.15) is 0 Å². The van der Waals surface area contributed by atoms with Gasteiger partial charge in [-0.05, 0) is 29.5 Å². The lowest BCUT2D eigenvalue weighted by Crippen LogP contribution is -2.13. The Morgan fingerprint density at radius 2 is 2.13 bits per heavy atom. The predicted octanol–water partition coefficient (Wildman–Crippen LogP) is 4.42. The van der Waals surface area contributed by atoms with Crippen LogP contribution in [0, 0.1) is 0 Å². The fraction of sp³-hybridized carbons (Fsp3) is 0.500. The fourth-order valence-corrected chi connectivity index (χ4v) is 3.75. The average Bonchev–Trinajstić information content (AvgIpc) is 2.39. The molecule has 0 amide bonds. The summed E-state index contributed by atoms with van der Waals surface area (Å²) < 4.78 is 6.50. The Morgan fingerprint density at radius 3 is 2.73 bits per heavy atom. The van der Waals surface area contributed by atoms with E-state index in [1.165, 1.54) is 11.1 Å². The lowest BCUT2D eigenvalue weighted by molar-refractivity contribution is 0.394. The molecule has 1 aliphatic carbocycles. The second-order valence-electron chi connectivity index (χ2n) is 4.59. The summed E-state index contributed by atoms with van der Waals surface area (Å²) in [6.45, 7) is 4.42. The van der Waals surface area contributed by atoms with E-state index in [1.807, 2.05) is 12.1 Å². The standard InChI is InChI=1S/C12H14BrClO/c1-12(2)6-8(14)10-7(13)4-5-9(15-3)11(10)12/h4-5,8H,6H2,1-3H3. The van der Waals surface area contributed by atoms with Crippen LogP contribution in [0.15, 0.2) is 16.6 Å². The molecule has 0 saturated heterocycles. The summed E-state index contributed by atoms with van der Waals surface area (Å²) in [5.74, 6) is 0.946. The lowest BCUT2D eigenvalue weighted by Gasteiger charge is -2.21. The third kappa shape index (κ3) is 1.68.